The van der Waals surface area contributed by atoms with Crippen LogP contribution in [0.3, 0.4) is 0 Å². The minimum absolute atomic E-state index is 0.223. The zero-order chi connectivity index (χ0) is 15.2. The lowest BCUT2D eigenvalue weighted by molar-refractivity contribution is -0.141. The second kappa shape index (κ2) is 6.84. The Bertz CT molecular complexity index is 645. The third-order valence-corrected chi connectivity index (χ3v) is 3.42. The second-order valence-corrected chi connectivity index (χ2v) is 4.87. The Morgan fingerprint density at radius 2 is 1.90 bits per heavy atom. The molecule has 2 rings (SSSR count). The number of carbonyl (C=O) groups is 1. The number of nitrogens with zero attached hydrogens (tertiary/aromatic N) is 1. The molecule has 0 aliphatic carbocycles. The largest absolute Gasteiger partial charge is 0.469 e. The molecule has 0 aliphatic heterocycles. The Morgan fingerprint density at radius 1 is 1.19 bits per heavy atom. The van der Waals surface area contributed by atoms with Crippen molar-refractivity contribution in [1.82, 2.24) is 4.98 Å². The number of aromatic nitrogens is 1. The molecule has 0 N–H and O–H groups in total. The highest BCUT2D eigenvalue weighted by Gasteiger charge is 2.15. The van der Waals surface area contributed by atoms with E-state index in [0.717, 1.165) is 22.3 Å². The summed E-state index contributed by atoms with van der Waals surface area (Å²) in [7, 11) is 1.41. The quantitative estimate of drug-likeness (QED) is 0.793. The van der Waals surface area contributed by atoms with Gasteiger partial charge in [-0.25, -0.2) is 0 Å². The zero-order valence-corrected chi connectivity index (χ0v) is 12.5. The van der Waals surface area contributed by atoms with E-state index < -0.39 is 0 Å². The molecule has 108 valence electrons. The van der Waals surface area contributed by atoms with E-state index in [4.69, 9.17) is 4.74 Å². The number of esters is 1. The molecular weight excluding hydrogens is 262 g/mol. The highest BCUT2D eigenvalue weighted by atomic mass is 16.5. The first-order valence-corrected chi connectivity index (χ1v) is 6.91. The Morgan fingerprint density at radius 3 is 2.52 bits per heavy atom. The van der Waals surface area contributed by atoms with E-state index in [1.165, 1.54) is 7.11 Å². The topological polar surface area (TPSA) is 39.2 Å². The number of pyridine rings is 1. The lowest BCUT2D eigenvalue weighted by Gasteiger charge is -2.10. The summed E-state index contributed by atoms with van der Waals surface area (Å²) in [5.41, 5.74) is 4.16. The number of benzene rings is 1. The van der Waals surface area contributed by atoms with Gasteiger partial charge in [-0.3, -0.25) is 9.78 Å². The van der Waals surface area contributed by atoms with Gasteiger partial charge >= 0.3 is 5.97 Å². The SMILES string of the molecule is C/C=C/c1cncc(-c2ccc(C(C)C(=O)OC)cc2)c1. The maximum atomic E-state index is 11.5. The van der Waals surface area contributed by atoms with Crippen LogP contribution in [-0.4, -0.2) is 18.1 Å². The molecule has 0 fully saturated rings. The number of ether oxygens (including phenoxy) is 1. The predicted octanol–water partition coefficient (Wildman–Crippen LogP) is 4.06. The molecular formula is C18H19NO2. The summed E-state index contributed by atoms with van der Waals surface area (Å²) < 4.78 is 4.77. The summed E-state index contributed by atoms with van der Waals surface area (Å²) in [5, 5.41) is 0. The highest BCUT2D eigenvalue weighted by Crippen LogP contribution is 2.23. The van der Waals surface area contributed by atoms with Gasteiger partial charge in [-0.15, -0.1) is 0 Å². The normalized spacial score (nSPS) is 12.3. The first-order valence-electron chi connectivity index (χ1n) is 6.91. The van der Waals surface area contributed by atoms with Gasteiger partial charge in [-0.05, 0) is 36.6 Å². The minimum atomic E-state index is -0.253. The Labute approximate surface area is 125 Å². The fourth-order valence-corrected chi connectivity index (χ4v) is 2.18. The minimum Gasteiger partial charge on any atom is -0.469 e. The van der Waals surface area contributed by atoms with Gasteiger partial charge in [-0.1, -0.05) is 36.4 Å². The van der Waals surface area contributed by atoms with Crippen molar-refractivity contribution in [3.8, 4) is 11.1 Å². The molecule has 21 heavy (non-hydrogen) atoms. The molecule has 0 aliphatic rings. The van der Waals surface area contributed by atoms with E-state index in [2.05, 4.69) is 11.1 Å². The van der Waals surface area contributed by atoms with Gasteiger partial charge < -0.3 is 4.74 Å². The van der Waals surface area contributed by atoms with Crippen molar-refractivity contribution < 1.29 is 9.53 Å². The number of rotatable bonds is 4. The molecule has 3 nitrogen and oxygen atoms in total. The Kier molecular flexibility index (Phi) is 4.88. The molecule has 0 saturated carbocycles. The fourth-order valence-electron chi connectivity index (χ4n) is 2.18. The van der Waals surface area contributed by atoms with Crippen molar-refractivity contribution in [2.75, 3.05) is 7.11 Å². The van der Waals surface area contributed by atoms with Gasteiger partial charge in [0.05, 0.1) is 13.0 Å². The van der Waals surface area contributed by atoms with Crippen LogP contribution in [0.15, 0.2) is 48.8 Å². The summed E-state index contributed by atoms with van der Waals surface area (Å²) in [4.78, 5) is 15.8. The van der Waals surface area contributed by atoms with Crippen molar-refractivity contribution in [2.24, 2.45) is 0 Å². The van der Waals surface area contributed by atoms with E-state index >= 15 is 0 Å². The van der Waals surface area contributed by atoms with E-state index in [1.807, 2.05) is 62.7 Å². The smallest absolute Gasteiger partial charge is 0.312 e. The van der Waals surface area contributed by atoms with E-state index in [-0.39, 0.29) is 11.9 Å². The number of allylic oxidation sites excluding steroid dienone is 1. The van der Waals surface area contributed by atoms with Crippen molar-refractivity contribution in [3.63, 3.8) is 0 Å². The van der Waals surface area contributed by atoms with Crippen LogP contribution in [0, 0.1) is 0 Å². The molecule has 0 radical (unpaired) electrons. The van der Waals surface area contributed by atoms with Gasteiger partial charge in [0.2, 0.25) is 0 Å². The highest BCUT2D eigenvalue weighted by molar-refractivity contribution is 5.78. The van der Waals surface area contributed by atoms with Crippen LogP contribution in [0.5, 0.6) is 0 Å². The van der Waals surface area contributed by atoms with Crippen LogP contribution in [0.1, 0.15) is 30.9 Å². The standard InChI is InChI=1S/C18H19NO2/c1-4-5-14-10-17(12-19-11-14)16-8-6-15(7-9-16)13(2)18(20)21-3/h4-13H,1-3H3/b5-4+. The summed E-state index contributed by atoms with van der Waals surface area (Å²) in [6.45, 7) is 3.82. The van der Waals surface area contributed by atoms with Crippen molar-refractivity contribution in [3.05, 3.63) is 59.9 Å². The van der Waals surface area contributed by atoms with Gasteiger partial charge in [0, 0.05) is 18.0 Å². The van der Waals surface area contributed by atoms with Crippen molar-refractivity contribution in [1.29, 1.82) is 0 Å². The van der Waals surface area contributed by atoms with Crippen LogP contribution in [0.25, 0.3) is 17.2 Å². The summed E-state index contributed by atoms with van der Waals surface area (Å²) in [6, 6.07) is 10.0. The van der Waals surface area contributed by atoms with Crippen molar-refractivity contribution in [2.45, 2.75) is 19.8 Å². The van der Waals surface area contributed by atoms with Crippen LogP contribution in [-0.2, 0) is 9.53 Å². The monoisotopic (exact) mass is 281 g/mol. The molecule has 0 saturated heterocycles. The summed E-state index contributed by atoms with van der Waals surface area (Å²) >= 11 is 0. The Balaban J connectivity index is 2.26. The number of hydrogen-bond acceptors (Lipinski definition) is 3. The number of methoxy groups -OCH3 is 1. The Hall–Kier alpha value is -2.42. The molecule has 0 spiro atoms. The molecule has 1 atom stereocenters. The molecule has 3 heteroatoms. The van der Waals surface area contributed by atoms with Gasteiger partial charge in [-0.2, -0.15) is 0 Å². The van der Waals surface area contributed by atoms with Crippen LogP contribution < -0.4 is 0 Å². The lowest BCUT2D eigenvalue weighted by atomic mass is 9.98. The van der Waals surface area contributed by atoms with Gasteiger partial charge in [0.15, 0.2) is 0 Å². The number of hydrogen-bond donors (Lipinski definition) is 0. The third kappa shape index (κ3) is 3.57. The second-order valence-electron chi connectivity index (χ2n) is 4.87. The average molecular weight is 281 g/mol. The predicted molar refractivity (Wildman–Crippen MR) is 84.8 cm³/mol. The van der Waals surface area contributed by atoms with E-state index in [0.29, 0.717) is 0 Å². The van der Waals surface area contributed by atoms with Gasteiger partial charge in [0.25, 0.3) is 0 Å². The summed E-state index contributed by atoms with van der Waals surface area (Å²) in [6.07, 6.45) is 7.68. The molecule has 0 amide bonds. The molecule has 2 aromatic rings. The number of carbonyl (C=O) groups excluding carboxylic acids is 1. The first-order chi connectivity index (χ1) is 10.2. The fraction of sp³-hybridized carbons (Fsp3) is 0.222. The third-order valence-electron chi connectivity index (χ3n) is 3.42. The van der Waals surface area contributed by atoms with Crippen LogP contribution >= 0.6 is 0 Å². The maximum absolute atomic E-state index is 11.5. The van der Waals surface area contributed by atoms with Crippen LogP contribution in [0.4, 0.5) is 0 Å². The van der Waals surface area contributed by atoms with E-state index in [1.54, 1.807) is 0 Å². The van der Waals surface area contributed by atoms with Gasteiger partial charge in [0.1, 0.15) is 0 Å². The summed E-state index contributed by atoms with van der Waals surface area (Å²) in [5.74, 6) is -0.476. The zero-order valence-electron chi connectivity index (χ0n) is 12.5. The molecule has 1 unspecified atom stereocenters. The molecule has 0 bridgehead atoms. The molecule has 1 aromatic carbocycles. The maximum Gasteiger partial charge on any atom is 0.312 e. The average Bonchev–Trinajstić information content (AvgIpc) is 2.54. The molecule has 1 aromatic heterocycles. The molecule has 1 heterocycles. The first kappa shape index (κ1) is 15.0. The van der Waals surface area contributed by atoms with Crippen LogP contribution in [0.2, 0.25) is 0 Å². The lowest BCUT2D eigenvalue weighted by Crippen LogP contribution is -2.10. The van der Waals surface area contributed by atoms with Crippen molar-refractivity contribution >= 4 is 12.0 Å². The van der Waals surface area contributed by atoms with E-state index in [9.17, 15) is 4.79 Å².